The molecular formula is C22H26O2. The van der Waals surface area contributed by atoms with Crippen molar-refractivity contribution in [2.24, 2.45) is 10.8 Å². The van der Waals surface area contributed by atoms with E-state index in [1.807, 2.05) is 24.3 Å². The quantitative estimate of drug-likeness (QED) is 0.820. The molecule has 2 fully saturated rings. The molecule has 2 aliphatic carbocycles. The van der Waals surface area contributed by atoms with Crippen LogP contribution in [0.15, 0.2) is 60.7 Å². The van der Waals surface area contributed by atoms with Crippen molar-refractivity contribution in [1.29, 1.82) is 0 Å². The monoisotopic (exact) mass is 322 g/mol. The van der Waals surface area contributed by atoms with Crippen LogP contribution in [0, 0.1) is 10.8 Å². The molecule has 1 N–H and O–H groups in total. The number of aliphatic hydroxyl groups excluding tert-OH is 1. The summed E-state index contributed by atoms with van der Waals surface area (Å²) in [5.74, 6) is 0. The molecule has 0 heterocycles. The second-order valence-electron chi connectivity index (χ2n) is 7.83. The zero-order chi connectivity index (χ0) is 16.5. The van der Waals surface area contributed by atoms with Gasteiger partial charge in [0.25, 0.3) is 0 Å². The smallest absolute Gasteiger partial charge is 0.0846 e. The number of hydrogen-bond acceptors (Lipinski definition) is 2. The first-order chi connectivity index (χ1) is 11.7. The van der Waals surface area contributed by atoms with Crippen LogP contribution in [0.1, 0.15) is 49.3 Å². The van der Waals surface area contributed by atoms with Gasteiger partial charge in [-0.15, -0.1) is 0 Å². The van der Waals surface area contributed by atoms with Gasteiger partial charge in [-0.1, -0.05) is 60.7 Å². The highest BCUT2D eigenvalue weighted by Crippen LogP contribution is 2.65. The molecule has 2 saturated carbocycles. The van der Waals surface area contributed by atoms with Gasteiger partial charge in [-0.2, -0.15) is 0 Å². The molecule has 2 bridgehead atoms. The van der Waals surface area contributed by atoms with E-state index in [0.29, 0.717) is 6.61 Å². The molecule has 1 atom stereocenters. The number of benzene rings is 2. The molecule has 2 nitrogen and oxygen atoms in total. The normalized spacial score (nSPS) is 29.7. The van der Waals surface area contributed by atoms with Crippen molar-refractivity contribution in [3.63, 3.8) is 0 Å². The molecule has 0 aromatic heterocycles. The fraction of sp³-hybridized carbons (Fsp3) is 0.455. The first kappa shape index (κ1) is 15.9. The molecule has 2 aliphatic rings. The van der Waals surface area contributed by atoms with Crippen molar-refractivity contribution in [2.75, 3.05) is 6.61 Å². The second kappa shape index (κ2) is 6.34. The molecule has 24 heavy (non-hydrogen) atoms. The third-order valence-electron chi connectivity index (χ3n) is 6.25. The van der Waals surface area contributed by atoms with Crippen LogP contribution in [0.3, 0.4) is 0 Å². The molecule has 126 valence electrons. The van der Waals surface area contributed by atoms with Crippen molar-refractivity contribution in [3.05, 3.63) is 71.8 Å². The van der Waals surface area contributed by atoms with E-state index >= 15 is 0 Å². The van der Waals surface area contributed by atoms with Crippen molar-refractivity contribution in [2.45, 2.75) is 44.8 Å². The predicted octanol–water partition coefficient (Wildman–Crippen LogP) is 4.89. The highest BCUT2D eigenvalue weighted by molar-refractivity contribution is 5.22. The average molecular weight is 322 g/mol. The molecule has 0 spiro atoms. The summed E-state index contributed by atoms with van der Waals surface area (Å²) in [5.41, 5.74) is 2.66. The summed E-state index contributed by atoms with van der Waals surface area (Å²) in [5, 5.41) is 11.0. The first-order valence-corrected chi connectivity index (χ1v) is 9.06. The molecule has 1 unspecified atom stereocenters. The van der Waals surface area contributed by atoms with E-state index in [0.717, 1.165) is 31.4 Å². The number of hydrogen-bond donors (Lipinski definition) is 1. The predicted molar refractivity (Wildman–Crippen MR) is 95.5 cm³/mol. The zero-order valence-electron chi connectivity index (χ0n) is 14.2. The van der Waals surface area contributed by atoms with Crippen LogP contribution in [-0.2, 0) is 11.3 Å². The lowest BCUT2D eigenvalue weighted by atomic mass is 9.76. The molecule has 4 rings (SSSR count). The lowest BCUT2D eigenvalue weighted by Gasteiger charge is -2.32. The van der Waals surface area contributed by atoms with Gasteiger partial charge < -0.3 is 9.84 Å². The Labute approximate surface area is 144 Å². The zero-order valence-corrected chi connectivity index (χ0v) is 14.2. The molecule has 2 aromatic rings. The Hall–Kier alpha value is -1.64. The minimum atomic E-state index is -0.336. The lowest BCUT2D eigenvalue weighted by molar-refractivity contribution is 0.0290. The van der Waals surface area contributed by atoms with Crippen molar-refractivity contribution in [3.8, 4) is 0 Å². The average Bonchev–Trinajstić information content (AvgIpc) is 3.20. The number of rotatable bonds is 6. The number of aliphatic hydroxyl groups is 1. The molecule has 0 aliphatic heterocycles. The molecule has 0 amide bonds. The Morgan fingerprint density at radius 1 is 0.875 bits per heavy atom. The summed E-state index contributed by atoms with van der Waals surface area (Å²) >= 11 is 0. The van der Waals surface area contributed by atoms with E-state index in [4.69, 9.17) is 4.74 Å². The summed E-state index contributed by atoms with van der Waals surface area (Å²) in [4.78, 5) is 0. The summed E-state index contributed by atoms with van der Waals surface area (Å²) in [6.45, 7) is 1.52. The van der Waals surface area contributed by atoms with Gasteiger partial charge in [-0.05, 0) is 48.6 Å². The number of fused-ring (bicyclic) bond motifs is 2. The molecule has 0 saturated heterocycles. The molecule has 2 heteroatoms. The summed E-state index contributed by atoms with van der Waals surface area (Å²) in [7, 11) is 0. The maximum atomic E-state index is 11.0. The maximum Gasteiger partial charge on any atom is 0.0846 e. The van der Waals surface area contributed by atoms with Crippen LogP contribution in [0.25, 0.3) is 0 Å². The standard InChI is InChI=1S/C22H26O2/c23-20(19-9-5-2-6-10-19)22-13-11-21(16-22,12-14-22)17-24-15-18-7-3-1-4-8-18/h1-10,20,23H,11-17H2. The highest BCUT2D eigenvalue weighted by Gasteiger charge is 2.57. The van der Waals surface area contributed by atoms with Crippen LogP contribution in [0.5, 0.6) is 0 Å². The highest BCUT2D eigenvalue weighted by atomic mass is 16.5. The van der Waals surface area contributed by atoms with Gasteiger partial charge in [0.15, 0.2) is 0 Å². The Kier molecular flexibility index (Phi) is 4.19. The van der Waals surface area contributed by atoms with Gasteiger partial charge in [-0.3, -0.25) is 0 Å². The van der Waals surface area contributed by atoms with E-state index < -0.39 is 0 Å². The Balaban J connectivity index is 1.39. The van der Waals surface area contributed by atoms with Gasteiger partial charge in [0.1, 0.15) is 0 Å². The maximum absolute atomic E-state index is 11.0. The molecular weight excluding hydrogens is 296 g/mol. The fourth-order valence-corrected chi connectivity index (χ4v) is 4.89. The van der Waals surface area contributed by atoms with Crippen LogP contribution >= 0.6 is 0 Å². The van der Waals surface area contributed by atoms with Gasteiger partial charge >= 0.3 is 0 Å². The van der Waals surface area contributed by atoms with Crippen LogP contribution in [0.2, 0.25) is 0 Å². The van der Waals surface area contributed by atoms with Crippen LogP contribution < -0.4 is 0 Å². The third-order valence-corrected chi connectivity index (χ3v) is 6.25. The Bertz CT molecular complexity index is 657. The van der Waals surface area contributed by atoms with Crippen LogP contribution in [-0.4, -0.2) is 11.7 Å². The van der Waals surface area contributed by atoms with Gasteiger partial charge in [0.05, 0.1) is 19.3 Å². The summed E-state index contributed by atoms with van der Waals surface area (Å²) in [6.07, 6.45) is 5.38. The summed E-state index contributed by atoms with van der Waals surface area (Å²) < 4.78 is 6.07. The van der Waals surface area contributed by atoms with Gasteiger partial charge in [0.2, 0.25) is 0 Å². The third kappa shape index (κ3) is 2.89. The second-order valence-corrected chi connectivity index (χ2v) is 7.83. The number of ether oxygens (including phenoxy) is 1. The molecule has 2 aromatic carbocycles. The largest absolute Gasteiger partial charge is 0.388 e. The SMILES string of the molecule is OC(c1ccccc1)C12CCC(COCc3ccccc3)(CC1)C2. The minimum Gasteiger partial charge on any atom is -0.388 e. The minimum absolute atomic E-state index is 0.0669. The first-order valence-electron chi connectivity index (χ1n) is 9.06. The van der Waals surface area contributed by atoms with Gasteiger partial charge in [-0.25, -0.2) is 0 Å². The van der Waals surface area contributed by atoms with Crippen LogP contribution in [0.4, 0.5) is 0 Å². The topological polar surface area (TPSA) is 29.5 Å². The van der Waals surface area contributed by atoms with Crippen molar-refractivity contribution in [1.82, 2.24) is 0 Å². The fourth-order valence-electron chi connectivity index (χ4n) is 4.89. The lowest BCUT2D eigenvalue weighted by Crippen LogP contribution is -2.23. The van der Waals surface area contributed by atoms with Crippen molar-refractivity contribution < 1.29 is 9.84 Å². The summed E-state index contributed by atoms with van der Waals surface area (Å²) in [6, 6.07) is 20.6. The van der Waals surface area contributed by atoms with E-state index in [2.05, 4.69) is 36.4 Å². The van der Waals surface area contributed by atoms with E-state index in [1.54, 1.807) is 0 Å². The Morgan fingerprint density at radius 3 is 2.17 bits per heavy atom. The van der Waals surface area contributed by atoms with E-state index in [-0.39, 0.29) is 16.9 Å². The van der Waals surface area contributed by atoms with Crippen molar-refractivity contribution >= 4 is 0 Å². The molecule has 0 radical (unpaired) electrons. The van der Waals surface area contributed by atoms with E-state index in [9.17, 15) is 5.11 Å². The van der Waals surface area contributed by atoms with E-state index in [1.165, 1.54) is 18.4 Å². The Morgan fingerprint density at radius 2 is 1.50 bits per heavy atom. The van der Waals surface area contributed by atoms with Gasteiger partial charge in [0, 0.05) is 5.41 Å².